The van der Waals surface area contributed by atoms with Gasteiger partial charge in [0, 0.05) is 11.5 Å². The second kappa shape index (κ2) is 3.92. The second-order valence-electron chi connectivity index (χ2n) is 1.76. The third kappa shape index (κ3) is 5.35. The van der Waals surface area contributed by atoms with E-state index in [-0.39, 0.29) is 5.75 Å². The van der Waals surface area contributed by atoms with Gasteiger partial charge >= 0.3 is 5.97 Å². The van der Waals surface area contributed by atoms with E-state index in [9.17, 15) is 13.2 Å². The maximum absolute atomic E-state index is 10.7. The van der Waals surface area contributed by atoms with E-state index >= 15 is 0 Å². The molecule has 1 N–H and O–H groups in total. The average molecular weight is 176 g/mol. The number of carboxylic acids is 1. The summed E-state index contributed by atoms with van der Waals surface area (Å²) in [4.78, 5) is 9.87. The predicted molar refractivity (Wildman–Crippen MR) is 40.8 cm³/mol. The van der Waals surface area contributed by atoms with Crippen LogP contribution in [0.25, 0.3) is 0 Å². The van der Waals surface area contributed by atoms with Gasteiger partial charge in [-0.15, -0.1) is 6.58 Å². The smallest absolute Gasteiger partial charge is 0.329 e. The van der Waals surface area contributed by atoms with Gasteiger partial charge in [-0.05, 0) is 0 Å². The normalized spacial score (nSPS) is 11.6. The molecule has 0 aromatic heterocycles. The van der Waals surface area contributed by atoms with Crippen LogP contribution in [0.4, 0.5) is 0 Å². The van der Waals surface area contributed by atoms with E-state index in [1.807, 2.05) is 0 Å². The van der Waals surface area contributed by atoms with E-state index in [4.69, 9.17) is 5.11 Å². The number of carbonyl (C=O) groups is 1. The van der Waals surface area contributed by atoms with Crippen molar-refractivity contribution < 1.29 is 18.3 Å². The van der Waals surface area contributed by atoms with Crippen molar-refractivity contribution in [1.29, 1.82) is 0 Å². The van der Waals surface area contributed by atoms with Gasteiger partial charge in [0.1, 0.15) is 0 Å². The first-order valence-electron chi connectivity index (χ1n) is 2.72. The molecule has 0 radical (unpaired) electrons. The van der Waals surface area contributed by atoms with Crippen LogP contribution in [0.3, 0.4) is 0 Å². The molecular weight excluding hydrogens is 168 g/mol. The van der Waals surface area contributed by atoms with Gasteiger partial charge in [0.25, 0.3) is 0 Å². The van der Waals surface area contributed by atoms with Crippen molar-refractivity contribution in [3.05, 3.63) is 24.1 Å². The maximum Gasteiger partial charge on any atom is 0.329 e. The summed E-state index contributed by atoms with van der Waals surface area (Å²) in [5.74, 6) is -1.52. The van der Waals surface area contributed by atoms with Gasteiger partial charge in [0.15, 0.2) is 9.84 Å². The molecule has 0 aliphatic heterocycles. The molecule has 0 bridgehead atoms. The van der Waals surface area contributed by atoms with Crippen LogP contribution in [-0.2, 0) is 14.6 Å². The van der Waals surface area contributed by atoms with Crippen molar-refractivity contribution in [2.45, 2.75) is 0 Å². The zero-order valence-electron chi connectivity index (χ0n) is 5.73. The Balaban J connectivity index is 4.36. The summed E-state index contributed by atoms with van der Waals surface area (Å²) < 4.78 is 21.4. The number of hydrogen-bond acceptors (Lipinski definition) is 3. The molecule has 0 unspecified atom stereocenters. The Kier molecular flexibility index (Phi) is 3.53. The highest BCUT2D eigenvalue weighted by Crippen LogP contribution is 1.92. The zero-order chi connectivity index (χ0) is 8.91. The SMILES string of the molecule is C=CCS(=O)(=O)/C=C/C(=O)O. The fourth-order valence-corrected chi connectivity index (χ4v) is 1.15. The minimum atomic E-state index is -3.41. The summed E-state index contributed by atoms with van der Waals surface area (Å²) in [6.45, 7) is 3.21. The largest absolute Gasteiger partial charge is 0.478 e. The number of hydrogen-bond donors (Lipinski definition) is 1. The molecule has 11 heavy (non-hydrogen) atoms. The standard InChI is InChI=1S/C6H8O4S/c1-2-4-11(9,10)5-3-6(7)8/h2-3,5H,1,4H2,(H,7,8)/b5-3+. The second-order valence-corrected chi connectivity index (χ2v) is 3.69. The highest BCUT2D eigenvalue weighted by Gasteiger charge is 2.02. The molecule has 0 aromatic rings. The lowest BCUT2D eigenvalue weighted by Crippen LogP contribution is -2.00. The van der Waals surface area contributed by atoms with Gasteiger partial charge in [-0.25, -0.2) is 13.2 Å². The van der Waals surface area contributed by atoms with Crippen molar-refractivity contribution in [2.24, 2.45) is 0 Å². The van der Waals surface area contributed by atoms with Gasteiger partial charge in [-0.2, -0.15) is 0 Å². The minimum absolute atomic E-state index is 0.239. The third-order valence-corrected chi connectivity index (χ3v) is 2.02. The fourth-order valence-electron chi connectivity index (χ4n) is 0.382. The summed E-state index contributed by atoms with van der Waals surface area (Å²) in [7, 11) is -3.41. The molecule has 4 nitrogen and oxygen atoms in total. The van der Waals surface area contributed by atoms with Crippen LogP contribution in [-0.4, -0.2) is 25.2 Å². The summed E-state index contributed by atoms with van der Waals surface area (Å²) in [5, 5.41) is 8.72. The lowest BCUT2D eigenvalue weighted by Gasteiger charge is -1.88. The number of carboxylic acid groups (broad SMARTS) is 1. The van der Waals surface area contributed by atoms with Crippen LogP contribution >= 0.6 is 0 Å². The quantitative estimate of drug-likeness (QED) is 0.490. The van der Waals surface area contributed by atoms with Crippen LogP contribution < -0.4 is 0 Å². The molecule has 0 aromatic carbocycles. The van der Waals surface area contributed by atoms with E-state index in [0.29, 0.717) is 11.5 Å². The van der Waals surface area contributed by atoms with Crippen LogP contribution in [0.15, 0.2) is 24.1 Å². The Labute approximate surface area is 64.8 Å². The van der Waals surface area contributed by atoms with E-state index in [2.05, 4.69) is 6.58 Å². The molecule has 0 heterocycles. The first kappa shape index (κ1) is 9.90. The molecule has 0 saturated carbocycles. The van der Waals surface area contributed by atoms with Gasteiger partial charge in [-0.1, -0.05) is 6.08 Å². The maximum atomic E-state index is 10.7. The summed E-state index contributed by atoms with van der Waals surface area (Å²) in [5.41, 5.74) is 0. The average Bonchev–Trinajstić information content (AvgIpc) is 1.84. The monoisotopic (exact) mass is 176 g/mol. The van der Waals surface area contributed by atoms with Crippen LogP contribution in [0.5, 0.6) is 0 Å². The van der Waals surface area contributed by atoms with Crippen molar-refractivity contribution in [3.8, 4) is 0 Å². The molecule has 0 rings (SSSR count). The lowest BCUT2D eigenvalue weighted by molar-refractivity contribution is -0.131. The first-order valence-corrected chi connectivity index (χ1v) is 4.44. The topological polar surface area (TPSA) is 71.4 Å². The molecule has 0 aliphatic carbocycles. The number of rotatable bonds is 4. The Bertz CT molecular complexity index is 273. The zero-order valence-corrected chi connectivity index (χ0v) is 6.54. The highest BCUT2D eigenvalue weighted by atomic mass is 32.2. The fraction of sp³-hybridized carbons (Fsp3) is 0.167. The lowest BCUT2D eigenvalue weighted by atomic mass is 10.7. The molecule has 5 heteroatoms. The predicted octanol–water partition coefficient (Wildman–Crippen LogP) is 0.186. The van der Waals surface area contributed by atoms with Crippen molar-refractivity contribution in [1.82, 2.24) is 0 Å². The Hall–Kier alpha value is -1.10. The Morgan fingerprint density at radius 1 is 1.55 bits per heavy atom. The molecular formula is C6H8O4S. The van der Waals surface area contributed by atoms with Crippen LogP contribution in [0, 0.1) is 0 Å². The Morgan fingerprint density at radius 2 is 2.09 bits per heavy atom. The summed E-state index contributed by atoms with van der Waals surface area (Å²) in [6.07, 6.45) is 1.78. The Morgan fingerprint density at radius 3 is 2.45 bits per heavy atom. The van der Waals surface area contributed by atoms with E-state index in [1.54, 1.807) is 0 Å². The minimum Gasteiger partial charge on any atom is -0.478 e. The van der Waals surface area contributed by atoms with E-state index in [1.165, 1.54) is 6.08 Å². The number of aliphatic carboxylic acids is 1. The van der Waals surface area contributed by atoms with Crippen LogP contribution in [0.2, 0.25) is 0 Å². The molecule has 0 aliphatic rings. The summed E-state index contributed by atoms with van der Waals surface area (Å²) >= 11 is 0. The van der Waals surface area contributed by atoms with Gasteiger partial charge in [0.05, 0.1) is 5.75 Å². The van der Waals surface area contributed by atoms with Crippen LogP contribution in [0.1, 0.15) is 0 Å². The molecule has 0 amide bonds. The van der Waals surface area contributed by atoms with Crippen molar-refractivity contribution >= 4 is 15.8 Å². The molecule has 0 fully saturated rings. The van der Waals surface area contributed by atoms with Crippen molar-refractivity contribution in [2.75, 3.05) is 5.75 Å². The van der Waals surface area contributed by atoms with E-state index in [0.717, 1.165) is 0 Å². The molecule has 0 spiro atoms. The van der Waals surface area contributed by atoms with Gasteiger partial charge in [-0.3, -0.25) is 0 Å². The first-order chi connectivity index (χ1) is 4.98. The van der Waals surface area contributed by atoms with Gasteiger partial charge in [0.2, 0.25) is 0 Å². The molecule has 62 valence electrons. The molecule has 0 saturated heterocycles. The van der Waals surface area contributed by atoms with Crippen molar-refractivity contribution in [3.63, 3.8) is 0 Å². The number of sulfone groups is 1. The van der Waals surface area contributed by atoms with E-state index < -0.39 is 15.8 Å². The molecule has 0 atom stereocenters. The highest BCUT2D eigenvalue weighted by molar-refractivity contribution is 7.94. The summed E-state index contributed by atoms with van der Waals surface area (Å²) in [6, 6.07) is 0. The third-order valence-electron chi connectivity index (χ3n) is 0.768. The van der Waals surface area contributed by atoms with Gasteiger partial charge < -0.3 is 5.11 Å².